The zero-order chi connectivity index (χ0) is 7.52. The number of aromatic nitrogens is 5. The Kier molecular flexibility index (Phi) is 1.33. The second-order valence-corrected chi connectivity index (χ2v) is 1.93. The van der Waals surface area contributed by atoms with Crippen LogP contribution in [-0.4, -0.2) is 25.2 Å². The second kappa shape index (κ2) is 2.45. The summed E-state index contributed by atoms with van der Waals surface area (Å²) in [7, 11) is 0. The van der Waals surface area contributed by atoms with Crippen molar-refractivity contribution in [3.8, 4) is 5.69 Å². The topological polar surface area (TPSA) is 56.5 Å². The van der Waals surface area contributed by atoms with Crippen molar-refractivity contribution in [3.63, 3.8) is 0 Å². The molecule has 0 aliphatic rings. The normalized spacial score (nSPS) is 9.82. The van der Waals surface area contributed by atoms with E-state index >= 15 is 0 Å². The quantitative estimate of drug-likeness (QED) is 0.572. The van der Waals surface area contributed by atoms with Crippen molar-refractivity contribution in [2.24, 2.45) is 0 Å². The summed E-state index contributed by atoms with van der Waals surface area (Å²) in [6.07, 6.45) is 4.75. The standard InChI is InChI=1S/C6H5N5/c1-3-7-4-2-6(1)11-9-5-8-10-11/h1-5H. The second-order valence-electron chi connectivity index (χ2n) is 1.93. The molecule has 0 saturated carbocycles. The van der Waals surface area contributed by atoms with Gasteiger partial charge in [0.25, 0.3) is 0 Å². The van der Waals surface area contributed by atoms with Crippen molar-refractivity contribution in [2.45, 2.75) is 0 Å². The van der Waals surface area contributed by atoms with E-state index in [1.54, 1.807) is 12.4 Å². The molecule has 2 rings (SSSR count). The molecule has 11 heavy (non-hydrogen) atoms. The van der Waals surface area contributed by atoms with Gasteiger partial charge in [0.1, 0.15) is 0 Å². The smallest absolute Gasteiger partial charge is 0.162 e. The summed E-state index contributed by atoms with van der Waals surface area (Å²) in [5.41, 5.74) is 0.859. The molecular weight excluding hydrogens is 142 g/mol. The maximum absolute atomic E-state index is 3.87. The predicted octanol–water partition coefficient (Wildman–Crippen LogP) is 0.0573. The summed E-state index contributed by atoms with van der Waals surface area (Å²) in [6.45, 7) is 0. The van der Waals surface area contributed by atoms with Crippen LogP contribution in [0, 0.1) is 0 Å². The molecule has 0 saturated heterocycles. The molecule has 0 aromatic carbocycles. The Morgan fingerprint density at radius 2 is 2.00 bits per heavy atom. The first-order valence-corrected chi connectivity index (χ1v) is 3.10. The Labute approximate surface area is 62.7 Å². The molecule has 5 nitrogen and oxygen atoms in total. The predicted molar refractivity (Wildman–Crippen MR) is 36.9 cm³/mol. The highest BCUT2D eigenvalue weighted by atomic mass is 15.6. The molecule has 5 heteroatoms. The van der Waals surface area contributed by atoms with Crippen LogP contribution in [0.25, 0.3) is 5.69 Å². The Morgan fingerprint density at radius 3 is 2.64 bits per heavy atom. The van der Waals surface area contributed by atoms with E-state index < -0.39 is 0 Å². The summed E-state index contributed by atoms with van der Waals surface area (Å²) in [5, 5.41) is 11.1. The lowest BCUT2D eigenvalue weighted by Gasteiger charge is -1.93. The van der Waals surface area contributed by atoms with Gasteiger partial charge >= 0.3 is 0 Å². The van der Waals surface area contributed by atoms with Gasteiger partial charge in [-0.15, -0.1) is 15.0 Å². The molecule has 0 fully saturated rings. The lowest BCUT2D eigenvalue weighted by molar-refractivity contribution is 0.718. The molecule has 2 aromatic rings. The summed E-state index contributed by atoms with van der Waals surface area (Å²) < 4.78 is 0. The molecule has 54 valence electrons. The number of hydrogen-bond acceptors (Lipinski definition) is 4. The van der Waals surface area contributed by atoms with Crippen LogP contribution in [0.2, 0.25) is 0 Å². The van der Waals surface area contributed by atoms with Gasteiger partial charge in [-0.1, -0.05) is 0 Å². The van der Waals surface area contributed by atoms with E-state index in [1.807, 2.05) is 12.1 Å². The van der Waals surface area contributed by atoms with Crippen molar-refractivity contribution in [2.75, 3.05) is 0 Å². The van der Waals surface area contributed by atoms with Crippen LogP contribution < -0.4 is 0 Å². The summed E-state index contributed by atoms with van der Waals surface area (Å²) in [4.78, 5) is 5.30. The lowest BCUT2D eigenvalue weighted by atomic mass is 10.4. The minimum absolute atomic E-state index is 0.859. The van der Waals surface area contributed by atoms with E-state index in [2.05, 4.69) is 20.4 Å². The molecule has 0 aliphatic carbocycles. The third-order valence-corrected chi connectivity index (χ3v) is 1.24. The minimum Gasteiger partial charge on any atom is -0.265 e. The Balaban J connectivity index is 2.46. The molecule has 0 radical (unpaired) electrons. The minimum atomic E-state index is 0.859. The maximum Gasteiger partial charge on any atom is 0.162 e. The number of hydrogen-bond donors (Lipinski definition) is 0. The van der Waals surface area contributed by atoms with Gasteiger partial charge in [0.15, 0.2) is 6.33 Å². The third-order valence-electron chi connectivity index (χ3n) is 1.24. The Morgan fingerprint density at radius 1 is 1.18 bits per heavy atom. The first-order valence-electron chi connectivity index (χ1n) is 3.10. The highest BCUT2D eigenvalue weighted by Crippen LogP contribution is 1.98. The van der Waals surface area contributed by atoms with Gasteiger partial charge < -0.3 is 0 Å². The highest BCUT2D eigenvalue weighted by Gasteiger charge is 1.93. The van der Waals surface area contributed by atoms with Gasteiger partial charge in [0.2, 0.25) is 0 Å². The van der Waals surface area contributed by atoms with Crippen LogP contribution in [0.15, 0.2) is 30.9 Å². The molecule has 2 heterocycles. The number of rotatable bonds is 1. The van der Waals surface area contributed by atoms with Crippen LogP contribution in [-0.2, 0) is 0 Å². The van der Waals surface area contributed by atoms with Gasteiger partial charge in [-0.25, -0.2) is 0 Å². The Hall–Kier alpha value is -1.78. The van der Waals surface area contributed by atoms with Gasteiger partial charge in [-0.05, 0) is 17.3 Å². The molecular formula is C6H5N5. The molecule has 2 aromatic heterocycles. The zero-order valence-corrected chi connectivity index (χ0v) is 5.62. The number of pyridine rings is 1. The Bertz CT molecular complexity index is 314. The lowest BCUT2D eigenvalue weighted by Crippen LogP contribution is -1.98. The molecule has 0 amide bonds. The van der Waals surface area contributed by atoms with Gasteiger partial charge in [-0.3, -0.25) is 4.98 Å². The first-order chi connectivity index (χ1) is 5.47. The summed E-state index contributed by atoms with van der Waals surface area (Å²) >= 11 is 0. The van der Waals surface area contributed by atoms with E-state index in [1.165, 1.54) is 11.1 Å². The van der Waals surface area contributed by atoms with E-state index in [4.69, 9.17) is 0 Å². The molecule has 0 N–H and O–H groups in total. The van der Waals surface area contributed by atoms with Crippen molar-refractivity contribution >= 4 is 0 Å². The van der Waals surface area contributed by atoms with E-state index in [0.717, 1.165) is 5.69 Å². The van der Waals surface area contributed by atoms with E-state index in [9.17, 15) is 0 Å². The molecule has 0 unspecified atom stereocenters. The monoisotopic (exact) mass is 147 g/mol. The van der Waals surface area contributed by atoms with Crippen LogP contribution >= 0.6 is 0 Å². The molecule has 0 bridgehead atoms. The van der Waals surface area contributed by atoms with Gasteiger partial charge in [-0.2, -0.15) is 0 Å². The van der Waals surface area contributed by atoms with Crippen molar-refractivity contribution in [1.82, 2.24) is 25.2 Å². The van der Waals surface area contributed by atoms with Crippen LogP contribution in [0.1, 0.15) is 0 Å². The fourth-order valence-corrected chi connectivity index (χ4v) is 0.763. The number of nitrogens with zero attached hydrogens (tertiary/aromatic N) is 5. The van der Waals surface area contributed by atoms with Crippen molar-refractivity contribution < 1.29 is 0 Å². The molecule has 0 atom stereocenters. The highest BCUT2D eigenvalue weighted by molar-refractivity contribution is 5.24. The fourth-order valence-electron chi connectivity index (χ4n) is 0.763. The van der Waals surface area contributed by atoms with Crippen LogP contribution in [0.5, 0.6) is 0 Å². The van der Waals surface area contributed by atoms with Gasteiger partial charge in [0.05, 0.1) is 5.69 Å². The summed E-state index contributed by atoms with van der Waals surface area (Å²) in [5.74, 6) is 0. The van der Waals surface area contributed by atoms with E-state index in [0.29, 0.717) is 0 Å². The van der Waals surface area contributed by atoms with Crippen molar-refractivity contribution in [3.05, 3.63) is 30.9 Å². The molecule has 0 aliphatic heterocycles. The zero-order valence-electron chi connectivity index (χ0n) is 5.62. The average Bonchev–Trinajstić information content (AvgIpc) is 2.58. The largest absolute Gasteiger partial charge is 0.265 e. The van der Waals surface area contributed by atoms with Crippen molar-refractivity contribution in [1.29, 1.82) is 0 Å². The number of tetrazole rings is 1. The fraction of sp³-hybridized carbons (Fsp3) is 0. The van der Waals surface area contributed by atoms with Crippen LogP contribution in [0.4, 0.5) is 0 Å². The SMILES string of the molecule is c1cc(-n2ncnn2)ccn1. The summed E-state index contributed by atoms with van der Waals surface area (Å²) in [6, 6.07) is 3.61. The third kappa shape index (κ3) is 1.07. The van der Waals surface area contributed by atoms with Crippen LogP contribution in [0.3, 0.4) is 0 Å². The molecule has 0 spiro atoms. The maximum atomic E-state index is 3.87. The average molecular weight is 147 g/mol. The van der Waals surface area contributed by atoms with Gasteiger partial charge in [0, 0.05) is 12.4 Å². The van der Waals surface area contributed by atoms with E-state index in [-0.39, 0.29) is 0 Å². The first kappa shape index (κ1) is 5.96.